The number of benzene rings is 1. The standard InChI is InChI=1S/C16H26N2/c1-12-4-5-13(2)16(10-12)14(3)18-8-6-15(11-17)7-9-18/h4-5,10,14-15H,6-9,11,17H2,1-3H3. The number of nitrogens with zero attached hydrogens (tertiary/aromatic N) is 1. The second-order valence-corrected chi connectivity index (χ2v) is 5.75. The predicted molar refractivity (Wildman–Crippen MR) is 77.7 cm³/mol. The Hall–Kier alpha value is -0.860. The van der Waals surface area contributed by atoms with Gasteiger partial charge in [-0.2, -0.15) is 0 Å². The van der Waals surface area contributed by atoms with Crippen molar-refractivity contribution in [2.45, 2.75) is 39.7 Å². The lowest BCUT2D eigenvalue weighted by Gasteiger charge is -2.36. The maximum atomic E-state index is 5.76. The van der Waals surface area contributed by atoms with Gasteiger partial charge in [-0.05, 0) is 70.3 Å². The third kappa shape index (κ3) is 2.93. The smallest absolute Gasteiger partial charge is 0.0322 e. The highest BCUT2D eigenvalue weighted by Crippen LogP contribution is 2.28. The predicted octanol–water partition coefficient (Wildman–Crippen LogP) is 3.04. The van der Waals surface area contributed by atoms with E-state index in [2.05, 4.69) is 43.9 Å². The van der Waals surface area contributed by atoms with Crippen LogP contribution in [0.2, 0.25) is 0 Å². The molecule has 1 aliphatic heterocycles. The molecule has 1 unspecified atom stereocenters. The van der Waals surface area contributed by atoms with Gasteiger partial charge in [0.2, 0.25) is 0 Å². The Morgan fingerprint density at radius 3 is 2.56 bits per heavy atom. The summed E-state index contributed by atoms with van der Waals surface area (Å²) in [6, 6.07) is 7.32. The molecular formula is C16H26N2. The summed E-state index contributed by atoms with van der Waals surface area (Å²) >= 11 is 0. The van der Waals surface area contributed by atoms with Gasteiger partial charge in [-0.3, -0.25) is 4.90 Å². The molecule has 18 heavy (non-hydrogen) atoms. The Morgan fingerprint density at radius 2 is 1.94 bits per heavy atom. The lowest BCUT2D eigenvalue weighted by Crippen LogP contribution is -2.37. The number of hydrogen-bond donors (Lipinski definition) is 1. The molecule has 2 heteroatoms. The SMILES string of the molecule is Cc1ccc(C)c(C(C)N2CCC(CN)CC2)c1. The topological polar surface area (TPSA) is 29.3 Å². The van der Waals surface area contributed by atoms with Crippen LogP contribution in [0.15, 0.2) is 18.2 Å². The number of aryl methyl sites for hydroxylation is 2. The normalized spacial score (nSPS) is 20.0. The van der Waals surface area contributed by atoms with Crippen LogP contribution in [0.1, 0.15) is 42.5 Å². The quantitative estimate of drug-likeness (QED) is 0.888. The molecule has 1 aromatic carbocycles. The van der Waals surface area contributed by atoms with E-state index in [0.29, 0.717) is 6.04 Å². The van der Waals surface area contributed by atoms with Crippen LogP contribution in [0.3, 0.4) is 0 Å². The summed E-state index contributed by atoms with van der Waals surface area (Å²) in [7, 11) is 0. The van der Waals surface area contributed by atoms with Crippen LogP contribution in [-0.2, 0) is 0 Å². The van der Waals surface area contributed by atoms with E-state index in [1.54, 1.807) is 0 Å². The zero-order chi connectivity index (χ0) is 13.1. The summed E-state index contributed by atoms with van der Waals surface area (Å²) in [6.45, 7) is 9.97. The first-order chi connectivity index (χ1) is 8.61. The van der Waals surface area contributed by atoms with Crippen molar-refractivity contribution in [2.24, 2.45) is 11.7 Å². The first kappa shape index (κ1) is 13.6. The zero-order valence-electron chi connectivity index (χ0n) is 11.9. The molecular weight excluding hydrogens is 220 g/mol. The maximum Gasteiger partial charge on any atom is 0.0322 e. The van der Waals surface area contributed by atoms with Crippen LogP contribution in [0, 0.1) is 19.8 Å². The molecule has 1 aromatic rings. The minimum absolute atomic E-state index is 0.531. The van der Waals surface area contributed by atoms with Crippen LogP contribution in [0.4, 0.5) is 0 Å². The Morgan fingerprint density at radius 1 is 1.28 bits per heavy atom. The Labute approximate surface area is 111 Å². The van der Waals surface area contributed by atoms with Gasteiger partial charge in [0, 0.05) is 6.04 Å². The molecule has 0 aromatic heterocycles. The van der Waals surface area contributed by atoms with Gasteiger partial charge in [-0.15, -0.1) is 0 Å². The van der Waals surface area contributed by atoms with Gasteiger partial charge in [0.15, 0.2) is 0 Å². The van der Waals surface area contributed by atoms with Crippen molar-refractivity contribution in [3.8, 4) is 0 Å². The minimum Gasteiger partial charge on any atom is -0.330 e. The molecule has 1 heterocycles. The van der Waals surface area contributed by atoms with Gasteiger partial charge in [0.05, 0.1) is 0 Å². The third-order valence-electron chi connectivity index (χ3n) is 4.42. The highest BCUT2D eigenvalue weighted by Gasteiger charge is 2.23. The Kier molecular flexibility index (Phi) is 4.41. The number of rotatable bonds is 3. The van der Waals surface area contributed by atoms with E-state index in [1.807, 2.05) is 0 Å². The van der Waals surface area contributed by atoms with Crippen molar-refractivity contribution in [2.75, 3.05) is 19.6 Å². The van der Waals surface area contributed by atoms with Crippen LogP contribution in [0.5, 0.6) is 0 Å². The molecule has 0 amide bonds. The van der Waals surface area contributed by atoms with Gasteiger partial charge in [-0.1, -0.05) is 23.8 Å². The number of likely N-dealkylation sites (tertiary alicyclic amines) is 1. The fourth-order valence-corrected chi connectivity index (χ4v) is 2.98. The van der Waals surface area contributed by atoms with E-state index in [9.17, 15) is 0 Å². The van der Waals surface area contributed by atoms with E-state index in [-0.39, 0.29) is 0 Å². The van der Waals surface area contributed by atoms with Crippen molar-refractivity contribution in [1.82, 2.24) is 4.90 Å². The number of hydrogen-bond acceptors (Lipinski definition) is 2. The van der Waals surface area contributed by atoms with E-state index in [4.69, 9.17) is 5.73 Å². The zero-order valence-corrected chi connectivity index (χ0v) is 11.9. The molecule has 0 bridgehead atoms. The molecule has 1 atom stereocenters. The lowest BCUT2D eigenvalue weighted by atomic mass is 9.93. The van der Waals surface area contributed by atoms with Crippen molar-refractivity contribution in [3.05, 3.63) is 34.9 Å². The molecule has 0 radical (unpaired) electrons. The molecule has 1 aliphatic rings. The monoisotopic (exact) mass is 246 g/mol. The molecule has 1 saturated heterocycles. The van der Waals surface area contributed by atoms with E-state index >= 15 is 0 Å². The van der Waals surface area contributed by atoms with Gasteiger partial charge in [0.25, 0.3) is 0 Å². The Balaban J connectivity index is 2.07. The highest BCUT2D eigenvalue weighted by atomic mass is 15.2. The summed E-state index contributed by atoms with van der Waals surface area (Å²) in [5, 5.41) is 0. The van der Waals surface area contributed by atoms with Crippen molar-refractivity contribution in [3.63, 3.8) is 0 Å². The van der Waals surface area contributed by atoms with E-state index in [1.165, 1.54) is 42.6 Å². The van der Waals surface area contributed by atoms with Gasteiger partial charge >= 0.3 is 0 Å². The first-order valence-electron chi connectivity index (χ1n) is 7.13. The Bertz CT molecular complexity index is 392. The maximum absolute atomic E-state index is 5.76. The summed E-state index contributed by atoms with van der Waals surface area (Å²) in [4.78, 5) is 2.61. The van der Waals surface area contributed by atoms with Crippen molar-refractivity contribution >= 4 is 0 Å². The largest absolute Gasteiger partial charge is 0.330 e. The summed E-state index contributed by atoms with van der Waals surface area (Å²) in [5.41, 5.74) is 10.0. The fraction of sp³-hybridized carbons (Fsp3) is 0.625. The fourth-order valence-electron chi connectivity index (χ4n) is 2.98. The average Bonchev–Trinajstić information content (AvgIpc) is 2.41. The van der Waals surface area contributed by atoms with E-state index in [0.717, 1.165) is 12.5 Å². The molecule has 0 saturated carbocycles. The van der Waals surface area contributed by atoms with Crippen LogP contribution in [-0.4, -0.2) is 24.5 Å². The highest BCUT2D eigenvalue weighted by molar-refractivity contribution is 5.32. The second-order valence-electron chi connectivity index (χ2n) is 5.75. The first-order valence-corrected chi connectivity index (χ1v) is 7.13. The molecule has 2 N–H and O–H groups in total. The summed E-state index contributed by atoms with van der Waals surface area (Å²) in [6.07, 6.45) is 2.51. The molecule has 0 aliphatic carbocycles. The van der Waals surface area contributed by atoms with Crippen LogP contribution >= 0.6 is 0 Å². The van der Waals surface area contributed by atoms with Crippen molar-refractivity contribution < 1.29 is 0 Å². The van der Waals surface area contributed by atoms with Gasteiger partial charge < -0.3 is 5.73 Å². The summed E-state index contributed by atoms with van der Waals surface area (Å²) in [5.74, 6) is 0.743. The molecule has 2 rings (SSSR count). The minimum atomic E-state index is 0.531. The van der Waals surface area contributed by atoms with Crippen LogP contribution < -0.4 is 5.73 Å². The van der Waals surface area contributed by atoms with Gasteiger partial charge in [0.1, 0.15) is 0 Å². The lowest BCUT2D eigenvalue weighted by molar-refractivity contribution is 0.143. The second kappa shape index (κ2) is 5.85. The molecule has 2 nitrogen and oxygen atoms in total. The molecule has 0 spiro atoms. The number of piperidine rings is 1. The van der Waals surface area contributed by atoms with Gasteiger partial charge in [-0.25, -0.2) is 0 Å². The summed E-state index contributed by atoms with van der Waals surface area (Å²) < 4.78 is 0. The number of nitrogens with two attached hydrogens (primary N) is 1. The molecule has 1 fully saturated rings. The van der Waals surface area contributed by atoms with Crippen LogP contribution in [0.25, 0.3) is 0 Å². The average molecular weight is 246 g/mol. The third-order valence-corrected chi connectivity index (χ3v) is 4.42. The van der Waals surface area contributed by atoms with Crippen molar-refractivity contribution in [1.29, 1.82) is 0 Å². The molecule has 100 valence electrons. The van der Waals surface area contributed by atoms with E-state index < -0.39 is 0 Å².